The van der Waals surface area contributed by atoms with Gasteiger partial charge in [-0.1, -0.05) is 57.5 Å². The first kappa shape index (κ1) is 19.2. The molecule has 2 aromatic rings. The van der Waals surface area contributed by atoms with E-state index in [4.69, 9.17) is 5.73 Å². The average Bonchev–Trinajstić information content (AvgIpc) is 2.92. The van der Waals surface area contributed by atoms with Crippen LogP contribution < -0.4 is 10.6 Å². The van der Waals surface area contributed by atoms with Crippen molar-refractivity contribution in [2.75, 3.05) is 4.90 Å². The van der Waals surface area contributed by atoms with Gasteiger partial charge in [0, 0.05) is 10.2 Å². The summed E-state index contributed by atoms with van der Waals surface area (Å²) in [6, 6.07) is 16.9. The number of nitrogens with two attached hydrogens (primary N) is 1. The smallest absolute Gasteiger partial charge is 0.262 e. The highest BCUT2D eigenvalue weighted by Crippen LogP contribution is 2.41. The van der Waals surface area contributed by atoms with Gasteiger partial charge < -0.3 is 5.73 Å². The SMILES string of the molecule is Cc1ccc(N2C(=O)[C@@H](Cc3cccc(Br)c3)S/C2=C(/C#N)C(N)=O)cc1. The second-order valence-electron chi connectivity index (χ2n) is 6.11. The molecule has 7 heteroatoms. The van der Waals surface area contributed by atoms with Crippen molar-refractivity contribution in [3.8, 4) is 6.07 Å². The summed E-state index contributed by atoms with van der Waals surface area (Å²) < 4.78 is 0.927. The molecule has 2 aromatic carbocycles. The van der Waals surface area contributed by atoms with E-state index in [2.05, 4.69) is 15.9 Å². The number of thioether (sulfide) groups is 1. The van der Waals surface area contributed by atoms with Crippen LogP contribution in [0.25, 0.3) is 0 Å². The molecule has 2 amide bonds. The van der Waals surface area contributed by atoms with Crippen molar-refractivity contribution in [2.45, 2.75) is 18.6 Å². The minimum Gasteiger partial charge on any atom is -0.365 e. The molecule has 0 bridgehead atoms. The molecule has 2 N–H and O–H groups in total. The van der Waals surface area contributed by atoms with Gasteiger partial charge in [0.05, 0.1) is 5.25 Å². The van der Waals surface area contributed by atoms with Crippen molar-refractivity contribution in [1.82, 2.24) is 0 Å². The number of amides is 2. The Balaban J connectivity index is 2.03. The number of benzene rings is 2. The summed E-state index contributed by atoms with van der Waals surface area (Å²) in [7, 11) is 0. The topological polar surface area (TPSA) is 87.2 Å². The standard InChI is InChI=1S/C20H16BrN3O2S/c1-12-5-7-15(8-6-12)24-19(26)17(10-13-3-2-4-14(21)9-13)27-20(24)16(11-22)18(23)25/h2-9,17H,10H2,1H3,(H2,23,25)/b20-16-/t17-/m1/s1. The molecular formula is C20H16BrN3O2S. The molecule has 1 aliphatic rings. The Bertz CT molecular complexity index is 979. The number of rotatable bonds is 4. The number of hydrogen-bond donors (Lipinski definition) is 1. The quantitative estimate of drug-likeness (QED) is 0.578. The highest BCUT2D eigenvalue weighted by Gasteiger charge is 2.40. The summed E-state index contributed by atoms with van der Waals surface area (Å²) in [5, 5.41) is 9.24. The summed E-state index contributed by atoms with van der Waals surface area (Å²) in [5.41, 5.74) is 7.82. The third-order valence-corrected chi connectivity index (χ3v) is 5.88. The average molecular weight is 442 g/mol. The first-order chi connectivity index (χ1) is 12.9. The van der Waals surface area contributed by atoms with Gasteiger partial charge in [0.15, 0.2) is 0 Å². The first-order valence-corrected chi connectivity index (χ1v) is 9.84. The Kier molecular flexibility index (Phi) is 5.68. The van der Waals surface area contributed by atoms with E-state index < -0.39 is 11.2 Å². The number of anilines is 1. The molecule has 27 heavy (non-hydrogen) atoms. The van der Waals surface area contributed by atoms with E-state index >= 15 is 0 Å². The summed E-state index contributed by atoms with van der Waals surface area (Å²) in [6.07, 6.45) is 0.478. The van der Waals surface area contributed by atoms with Crippen LogP contribution in [0.15, 0.2) is 63.6 Å². The molecule has 0 saturated carbocycles. The number of carbonyl (C=O) groups is 2. The van der Waals surface area contributed by atoms with Crippen LogP contribution in [0.4, 0.5) is 5.69 Å². The van der Waals surface area contributed by atoms with Crippen molar-refractivity contribution in [3.05, 3.63) is 74.7 Å². The Morgan fingerprint density at radius 1 is 1.30 bits per heavy atom. The Labute approximate surface area is 170 Å². The fraction of sp³-hybridized carbons (Fsp3) is 0.150. The first-order valence-electron chi connectivity index (χ1n) is 8.16. The van der Waals surface area contributed by atoms with E-state index in [1.807, 2.05) is 49.4 Å². The van der Waals surface area contributed by atoms with Crippen LogP contribution in [0, 0.1) is 18.3 Å². The molecule has 0 spiro atoms. The molecule has 1 fully saturated rings. The number of halogens is 1. The molecule has 1 saturated heterocycles. The zero-order valence-electron chi connectivity index (χ0n) is 14.5. The van der Waals surface area contributed by atoms with Crippen molar-refractivity contribution in [1.29, 1.82) is 5.26 Å². The highest BCUT2D eigenvalue weighted by molar-refractivity contribution is 9.10. The molecule has 1 aliphatic heterocycles. The second kappa shape index (κ2) is 7.99. The minimum absolute atomic E-state index is 0.173. The van der Waals surface area contributed by atoms with Crippen LogP contribution in [-0.2, 0) is 16.0 Å². The second-order valence-corrected chi connectivity index (χ2v) is 8.21. The van der Waals surface area contributed by atoms with E-state index in [0.717, 1.165) is 15.6 Å². The number of aryl methyl sites for hydroxylation is 1. The number of hydrogen-bond acceptors (Lipinski definition) is 4. The van der Waals surface area contributed by atoms with Gasteiger partial charge in [0.25, 0.3) is 5.91 Å². The molecule has 0 aliphatic carbocycles. The minimum atomic E-state index is -0.840. The van der Waals surface area contributed by atoms with Crippen LogP contribution in [0.2, 0.25) is 0 Å². The summed E-state index contributed by atoms with van der Waals surface area (Å²) in [6.45, 7) is 1.95. The van der Waals surface area contributed by atoms with Crippen LogP contribution in [0.3, 0.4) is 0 Å². The van der Waals surface area contributed by atoms with E-state index in [1.165, 1.54) is 16.7 Å². The zero-order valence-corrected chi connectivity index (χ0v) is 16.9. The summed E-state index contributed by atoms with van der Waals surface area (Å²) in [5.74, 6) is -1.01. The largest absolute Gasteiger partial charge is 0.365 e. The Morgan fingerprint density at radius 2 is 2.00 bits per heavy atom. The molecule has 0 unspecified atom stereocenters. The van der Waals surface area contributed by atoms with Gasteiger partial charge in [0.2, 0.25) is 5.91 Å². The molecule has 3 rings (SSSR count). The predicted octanol–water partition coefficient (Wildman–Crippen LogP) is 3.67. The maximum atomic E-state index is 13.1. The highest BCUT2D eigenvalue weighted by atomic mass is 79.9. The molecular weight excluding hydrogens is 426 g/mol. The fourth-order valence-corrected chi connectivity index (χ4v) is 4.57. The van der Waals surface area contributed by atoms with E-state index in [0.29, 0.717) is 17.1 Å². The molecule has 5 nitrogen and oxygen atoms in total. The molecule has 1 heterocycles. The van der Waals surface area contributed by atoms with E-state index in [-0.39, 0.29) is 11.5 Å². The van der Waals surface area contributed by atoms with Gasteiger partial charge in [-0.2, -0.15) is 5.26 Å². The zero-order chi connectivity index (χ0) is 19.6. The van der Waals surface area contributed by atoms with E-state index in [9.17, 15) is 14.9 Å². The van der Waals surface area contributed by atoms with Crippen molar-refractivity contribution < 1.29 is 9.59 Å². The van der Waals surface area contributed by atoms with Gasteiger partial charge in [-0.25, -0.2) is 0 Å². The molecule has 0 radical (unpaired) electrons. The molecule has 136 valence electrons. The number of nitrogens with zero attached hydrogens (tertiary/aromatic N) is 2. The lowest BCUT2D eigenvalue weighted by Crippen LogP contribution is -2.31. The van der Waals surface area contributed by atoms with Gasteiger partial charge >= 0.3 is 0 Å². The number of nitriles is 1. The number of primary amides is 1. The van der Waals surface area contributed by atoms with Gasteiger partial charge in [-0.15, -0.1) is 0 Å². The Morgan fingerprint density at radius 3 is 2.59 bits per heavy atom. The van der Waals surface area contributed by atoms with Gasteiger partial charge in [-0.3, -0.25) is 14.5 Å². The third kappa shape index (κ3) is 4.07. The maximum Gasteiger partial charge on any atom is 0.262 e. The summed E-state index contributed by atoms with van der Waals surface area (Å²) in [4.78, 5) is 26.3. The lowest BCUT2D eigenvalue weighted by molar-refractivity contribution is -0.117. The normalized spacial score (nSPS) is 18.3. The number of carbonyl (C=O) groups excluding carboxylic acids is 2. The predicted molar refractivity (Wildman–Crippen MR) is 110 cm³/mol. The third-order valence-electron chi connectivity index (χ3n) is 4.13. The van der Waals surface area contributed by atoms with E-state index in [1.54, 1.807) is 12.1 Å². The fourth-order valence-electron chi connectivity index (χ4n) is 2.81. The van der Waals surface area contributed by atoms with Gasteiger partial charge in [-0.05, 0) is 43.2 Å². The summed E-state index contributed by atoms with van der Waals surface area (Å²) >= 11 is 4.64. The van der Waals surface area contributed by atoms with Crippen molar-refractivity contribution in [2.24, 2.45) is 5.73 Å². The lowest BCUT2D eigenvalue weighted by Gasteiger charge is -2.18. The Hall–Kier alpha value is -2.56. The van der Waals surface area contributed by atoms with Crippen molar-refractivity contribution >= 4 is 45.2 Å². The van der Waals surface area contributed by atoms with Crippen molar-refractivity contribution in [3.63, 3.8) is 0 Å². The maximum absolute atomic E-state index is 13.1. The van der Waals surface area contributed by atoms with Crippen LogP contribution in [0.5, 0.6) is 0 Å². The molecule has 0 aromatic heterocycles. The van der Waals surface area contributed by atoms with Crippen LogP contribution in [-0.4, -0.2) is 17.1 Å². The van der Waals surface area contributed by atoms with Crippen LogP contribution in [0.1, 0.15) is 11.1 Å². The lowest BCUT2D eigenvalue weighted by atomic mass is 10.1. The van der Waals surface area contributed by atoms with Crippen LogP contribution >= 0.6 is 27.7 Å². The monoisotopic (exact) mass is 441 g/mol. The molecule has 1 atom stereocenters. The van der Waals surface area contributed by atoms with Gasteiger partial charge in [0.1, 0.15) is 16.7 Å².